The summed E-state index contributed by atoms with van der Waals surface area (Å²) in [6.45, 7) is 5.57. The number of amides is 1. The minimum atomic E-state index is -0.253. The zero-order chi connectivity index (χ0) is 24.2. The highest BCUT2D eigenvalue weighted by Crippen LogP contribution is 2.34. The summed E-state index contributed by atoms with van der Waals surface area (Å²) >= 11 is 0. The van der Waals surface area contributed by atoms with Gasteiger partial charge in [-0.05, 0) is 49.9 Å². The van der Waals surface area contributed by atoms with Gasteiger partial charge in [-0.25, -0.2) is 9.59 Å². The molecule has 2 aromatic carbocycles. The number of benzene rings is 2. The number of hydrogen-bond acceptors (Lipinski definition) is 5. The molecule has 2 aliphatic rings. The van der Waals surface area contributed by atoms with E-state index in [1.54, 1.807) is 4.90 Å². The van der Waals surface area contributed by atoms with Crippen molar-refractivity contribution in [2.45, 2.75) is 45.6 Å². The van der Waals surface area contributed by atoms with Gasteiger partial charge in [0.05, 0.1) is 29.0 Å². The van der Waals surface area contributed by atoms with Gasteiger partial charge in [0, 0.05) is 38.4 Å². The van der Waals surface area contributed by atoms with Gasteiger partial charge in [-0.2, -0.15) is 0 Å². The zero-order valence-electron chi connectivity index (χ0n) is 20.5. The van der Waals surface area contributed by atoms with E-state index < -0.39 is 0 Å². The largest absolute Gasteiger partial charge is 0.450 e. The van der Waals surface area contributed by atoms with E-state index in [2.05, 4.69) is 21.3 Å². The molecule has 0 radical (unpaired) electrons. The minimum Gasteiger partial charge on any atom is -0.450 e. The molecule has 0 atom stereocenters. The number of fused-ring (bicyclic) bond motifs is 1. The molecule has 5 rings (SSSR count). The van der Waals surface area contributed by atoms with Crippen LogP contribution in [0.4, 0.5) is 21.9 Å². The quantitative estimate of drug-likeness (QED) is 0.526. The summed E-state index contributed by atoms with van der Waals surface area (Å²) < 4.78 is 7.11. The van der Waals surface area contributed by atoms with Crippen LogP contribution in [0.1, 0.15) is 39.0 Å². The number of aromatic amines is 1. The van der Waals surface area contributed by atoms with Crippen molar-refractivity contribution in [2.24, 2.45) is 5.92 Å². The number of para-hydroxylation sites is 1. The lowest BCUT2D eigenvalue weighted by Gasteiger charge is -2.36. The van der Waals surface area contributed by atoms with Gasteiger partial charge in [0.15, 0.2) is 0 Å². The smallest absolute Gasteiger partial charge is 0.409 e. The van der Waals surface area contributed by atoms with Crippen molar-refractivity contribution in [1.29, 1.82) is 0 Å². The Morgan fingerprint density at radius 2 is 1.80 bits per heavy atom. The van der Waals surface area contributed by atoms with Gasteiger partial charge in [0.2, 0.25) is 0 Å². The summed E-state index contributed by atoms with van der Waals surface area (Å²) in [7, 11) is 0. The molecule has 8 heteroatoms. The molecular formula is C27H35N5O3. The molecule has 1 aliphatic heterocycles. The second kappa shape index (κ2) is 10.5. The van der Waals surface area contributed by atoms with E-state index in [0.29, 0.717) is 38.7 Å². The van der Waals surface area contributed by atoms with Crippen molar-refractivity contribution in [2.75, 3.05) is 43.0 Å². The van der Waals surface area contributed by atoms with Gasteiger partial charge in [-0.15, -0.1) is 0 Å². The lowest BCUT2D eigenvalue weighted by atomic mass is 9.89. The maximum absolute atomic E-state index is 13.0. The molecule has 1 aromatic heterocycles. The average molecular weight is 478 g/mol. The first kappa shape index (κ1) is 23.3. The van der Waals surface area contributed by atoms with Gasteiger partial charge in [0.25, 0.3) is 0 Å². The van der Waals surface area contributed by atoms with Crippen molar-refractivity contribution in [3.8, 4) is 0 Å². The molecular weight excluding hydrogens is 442 g/mol. The van der Waals surface area contributed by atoms with E-state index in [1.807, 2.05) is 47.9 Å². The molecule has 1 aliphatic carbocycles. The number of H-pyrrole nitrogens is 1. The van der Waals surface area contributed by atoms with Crippen LogP contribution in [0.3, 0.4) is 0 Å². The molecule has 1 saturated carbocycles. The number of nitrogens with zero attached hydrogens (tertiary/aromatic N) is 3. The first-order valence-corrected chi connectivity index (χ1v) is 12.9. The van der Waals surface area contributed by atoms with Crippen LogP contribution in [-0.4, -0.2) is 53.3 Å². The van der Waals surface area contributed by atoms with Crippen LogP contribution in [0.25, 0.3) is 11.0 Å². The highest BCUT2D eigenvalue weighted by Gasteiger charge is 2.25. The number of carbonyl (C=O) groups is 1. The Bertz CT molecular complexity index is 1200. The number of imidazole rings is 1. The number of ether oxygens (including phenoxy) is 1. The number of aromatic nitrogens is 2. The maximum atomic E-state index is 13.0. The number of nitrogens with one attached hydrogen (secondary N) is 2. The summed E-state index contributed by atoms with van der Waals surface area (Å²) in [5.41, 5.74) is 4.73. The molecule has 3 aromatic rings. The Labute approximate surface area is 205 Å². The summed E-state index contributed by atoms with van der Waals surface area (Å²) in [5.74, 6) is 0.555. The molecule has 0 spiro atoms. The predicted octanol–water partition coefficient (Wildman–Crippen LogP) is 4.93. The molecule has 0 bridgehead atoms. The molecule has 1 amide bonds. The monoisotopic (exact) mass is 477 g/mol. The number of carbonyl (C=O) groups excluding carboxylic acids is 1. The Balaban J connectivity index is 1.48. The molecule has 35 heavy (non-hydrogen) atoms. The molecule has 2 N–H and O–H groups in total. The Morgan fingerprint density at radius 1 is 1.06 bits per heavy atom. The molecule has 1 saturated heterocycles. The highest BCUT2D eigenvalue weighted by atomic mass is 16.6. The lowest BCUT2D eigenvalue weighted by molar-refractivity contribution is 0.105. The van der Waals surface area contributed by atoms with Crippen LogP contribution in [0, 0.1) is 5.92 Å². The minimum absolute atomic E-state index is 0.0412. The van der Waals surface area contributed by atoms with Crippen molar-refractivity contribution in [3.05, 3.63) is 52.9 Å². The van der Waals surface area contributed by atoms with Crippen molar-refractivity contribution < 1.29 is 9.53 Å². The highest BCUT2D eigenvalue weighted by molar-refractivity contribution is 5.90. The first-order valence-electron chi connectivity index (χ1n) is 12.9. The molecule has 2 heterocycles. The van der Waals surface area contributed by atoms with E-state index in [1.165, 1.54) is 32.1 Å². The summed E-state index contributed by atoms with van der Waals surface area (Å²) in [5, 5.41) is 3.55. The standard InChI is InChI=1S/C27H35N5O3/c1-2-35-27(34)31-15-13-30(14-16-31)24-18-25-23(17-22(24)28-21-11-7-4-8-12-21)29-26(33)32(25)19-20-9-5-3-6-10-20/h4,7-8,11-12,17-18,20,28H,2-3,5-6,9-10,13-16,19H2,1H3,(H,29,33). The second-order valence-corrected chi connectivity index (χ2v) is 9.60. The molecule has 2 fully saturated rings. The van der Waals surface area contributed by atoms with E-state index in [9.17, 15) is 9.59 Å². The summed E-state index contributed by atoms with van der Waals surface area (Å²) in [6, 6.07) is 14.2. The van der Waals surface area contributed by atoms with Gasteiger partial charge in [-0.3, -0.25) is 4.57 Å². The third-order valence-corrected chi connectivity index (χ3v) is 7.26. The van der Waals surface area contributed by atoms with Crippen LogP contribution >= 0.6 is 0 Å². The Hall–Kier alpha value is -3.42. The number of anilines is 3. The van der Waals surface area contributed by atoms with Crippen molar-refractivity contribution in [1.82, 2.24) is 14.5 Å². The van der Waals surface area contributed by atoms with Crippen LogP contribution < -0.4 is 15.9 Å². The molecule has 186 valence electrons. The zero-order valence-corrected chi connectivity index (χ0v) is 20.5. The third-order valence-electron chi connectivity index (χ3n) is 7.26. The van der Waals surface area contributed by atoms with Gasteiger partial charge in [0.1, 0.15) is 0 Å². The Morgan fingerprint density at radius 3 is 2.51 bits per heavy atom. The van der Waals surface area contributed by atoms with E-state index in [4.69, 9.17) is 4.74 Å². The number of rotatable bonds is 6. The average Bonchev–Trinajstić information content (AvgIpc) is 3.18. The predicted molar refractivity (Wildman–Crippen MR) is 140 cm³/mol. The molecule has 8 nitrogen and oxygen atoms in total. The van der Waals surface area contributed by atoms with Crippen molar-refractivity contribution in [3.63, 3.8) is 0 Å². The number of piperazine rings is 1. The Kier molecular flexibility index (Phi) is 6.97. The fraction of sp³-hybridized carbons (Fsp3) is 0.481. The van der Waals surface area contributed by atoms with E-state index in [-0.39, 0.29) is 11.8 Å². The van der Waals surface area contributed by atoms with Crippen molar-refractivity contribution >= 4 is 34.2 Å². The van der Waals surface area contributed by atoms with Gasteiger partial charge in [-0.1, -0.05) is 37.5 Å². The molecule has 0 unspecified atom stereocenters. The van der Waals surface area contributed by atoms with Crippen LogP contribution in [0.2, 0.25) is 0 Å². The third kappa shape index (κ3) is 5.16. The first-order chi connectivity index (χ1) is 17.1. The summed E-state index contributed by atoms with van der Waals surface area (Å²) in [4.78, 5) is 32.3. The second-order valence-electron chi connectivity index (χ2n) is 9.60. The maximum Gasteiger partial charge on any atom is 0.409 e. The van der Waals surface area contributed by atoms with Crippen LogP contribution in [-0.2, 0) is 11.3 Å². The van der Waals surface area contributed by atoms with E-state index >= 15 is 0 Å². The van der Waals surface area contributed by atoms with Crippen LogP contribution in [0.5, 0.6) is 0 Å². The SMILES string of the molecule is CCOC(=O)N1CCN(c2cc3c(cc2Nc2ccccc2)[nH]c(=O)n3CC2CCCCC2)CC1. The topological polar surface area (TPSA) is 82.6 Å². The fourth-order valence-electron chi connectivity index (χ4n) is 5.39. The van der Waals surface area contributed by atoms with Gasteiger partial charge < -0.3 is 24.8 Å². The normalized spacial score (nSPS) is 17.1. The van der Waals surface area contributed by atoms with Gasteiger partial charge >= 0.3 is 11.8 Å². The fourth-order valence-corrected chi connectivity index (χ4v) is 5.39. The summed E-state index contributed by atoms with van der Waals surface area (Å²) in [6.07, 6.45) is 5.93. The number of hydrogen-bond donors (Lipinski definition) is 2. The van der Waals surface area contributed by atoms with Crippen LogP contribution in [0.15, 0.2) is 47.3 Å². The lowest BCUT2D eigenvalue weighted by Crippen LogP contribution is -2.49. The van der Waals surface area contributed by atoms with E-state index in [0.717, 1.165) is 34.6 Å².